The van der Waals surface area contributed by atoms with E-state index >= 15 is 0 Å². The van der Waals surface area contributed by atoms with Gasteiger partial charge in [-0.05, 0) is 24.6 Å². The fourth-order valence-electron chi connectivity index (χ4n) is 1.40. The van der Waals surface area contributed by atoms with Crippen molar-refractivity contribution >= 4 is 0 Å². The Labute approximate surface area is 90.1 Å². The van der Waals surface area contributed by atoms with Crippen LogP contribution in [0.2, 0.25) is 0 Å². The zero-order valence-electron chi connectivity index (χ0n) is 9.59. The number of aryl methyl sites for hydroxylation is 1. The summed E-state index contributed by atoms with van der Waals surface area (Å²) in [5, 5.41) is 0. The Morgan fingerprint density at radius 2 is 1.73 bits per heavy atom. The Morgan fingerprint density at radius 1 is 1.07 bits per heavy atom. The average molecular weight is 211 g/mol. The van der Waals surface area contributed by atoms with Gasteiger partial charge in [-0.15, -0.1) is 0 Å². The zero-order valence-corrected chi connectivity index (χ0v) is 9.59. The molecule has 0 atom stereocenters. The summed E-state index contributed by atoms with van der Waals surface area (Å²) in [7, 11) is 4.89. The van der Waals surface area contributed by atoms with Gasteiger partial charge in [-0.3, -0.25) is 0 Å². The molecule has 0 aliphatic carbocycles. The maximum absolute atomic E-state index is 5.27. The highest BCUT2D eigenvalue weighted by Gasteiger charge is 2.07. The Kier molecular flexibility index (Phi) is 4.39. The van der Waals surface area contributed by atoms with Crippen molar-refractivity contribution in [3.05, 3.63) is 23.3 Å². The van der Waals surface area contributed by atoms with Crippen LogP contribution in [0.4, 0.5) is 0 Å². The molecule has 0 aliphatic rings. The molecular formula is C11H17NO3. The van der Waals surface area contributed by atoms with Gasteiger partial charge in [0.25, 0.3) is 0 Å². The van der Waals surface area contributed by atoms with Gasteiger partial charge < -0.3 is 14.3 Å². The Morgan fingerprint density at radius 3 is 2.27 bits per heavy atom. The standard InChI is InChI=1S/C11H17NO3/c1-8-5-11(14-3)9(7-12-15-4)6-10(8)13-2/h5-6,12H,7H2,1-4H3. The zero-order chi connectivity index (χ0) is 11.3. The molecule has 0 amide bonds. The van der Waals surface area contributed by atoms with Crippen LogP contribution in [0, 0.1) is 6.92 Å². The molecule has 0 saturated carbocycles. The predicted octanol–water partition coefficient (Wildman–Crippen LogP) is 1.66. The van der Waals surface area contributed by atoms with E-state index in [2.05, 4.69) is 5.48 Å². The molecule has 0 unspecified atom stereocenters. The van der Waals surface area contributed by atoms with E-state index < -0.39 is 0 Å². The number of benzene rings is 1. The van der Waals surface area contributed by atoms with Crippen molar-refractivity contribution in [1.29, 1.82) is 0 Å². The average Bonchev–Trinajstić information content (AvgIpc) is 2.26. The molecule has 0 aromatic heterocycles. The lowest BCUT2D eigenvalue weighted by Crippen LogP contribution is -2.12. The summed E-state index contributed by atoms with van der Waals surface area (Å²) in [6.07, 6.45) is 0. The van der Waals surface area contributed by atoms with Crippen molar-refractivity contribution < 1.29 is 14.3 Å². The van der Waals surface area contributed by atoms with Crippen molar-refractivity contribution in [3.8, 4) is 11.5 Å². The number of hydrogen-bond donors (Lipinski definition) is 1. The minimum Gasteiger partial charge on any atom is -0.496 e. The number of ether oxygens (including phenoxy) is 2. The molecule has 0 heterocycles. The minimum absolute atomic E-state index is 0.580. The number of methoxy groups -OCH3 is 2. The van der Waals surface area contributed by atoms with Gasteiger partial charge in [-0.2, -0.15) is 5.48 Å². The van der Waals surface area contributed by atoms with Gasteiger partial charge in [0.2, 0.25) is 0 Å². The lowest BCUT2D eigenvalue weighted by molar-refractivity contribution is 0.0861. The highest BCUT2D eigenvalue weighted by Crippen LogP contribution is 2.27. The van der Waals surface area contributed by atoms with Crippen LogP contribution >= 0.6 is 0 Å². The minimum atomic E-state index is 0.580. The Balaban J connectivity index is 2.99. The summed E-state index contributed by atoms with van der Waals surface area (Å²) in [6.45, 7) is 2.56. The number of rotatable bonds is 5. The fraction of sp³-hybridized carbons (Fsp3) is 0.455. The topological polar surface area (TPSA) is 39.7 Å². The maximum atomic E-state index is 5.27. The van der Waals surface area contributed by atoms with E-state index in [0.29, 0.717) is 6.54 Å². The van der Waals surface area contributed by atoms with Gasteiger partial charge in [-0.25, -0.2) is 0 Å². The summed E-state index contributed by atoms with van der Waals surface area (Å²) < 4.78 is 10.5. The first kappa shape index (κ1) is 11.8. The van der Waals surface area contributed by atoms with E-state index in [-0.39, 0.29) is 0 Å². The Bertz CT molecular complexity index is 326. The van der Waals surface area contributed by atoms with Crippen LogP contribution in [0.5, 0.6) is 11.5 Å². The molecule has 0 radical (unpaired) electrons. The van der Waals surface area contributed by atoms with Crippen LogP contribution in [-0.4, -0.2) is 21.3 Å². The van der Waals surface area contributed by atoms with Gasteiger partial charge >= 0.3 is 0 Å². The normalized spacial score (nSPS) is 10.1. The second-order valence-corrected chi connectivity index (χ2v) is 3.16. The predicted molar refractivity (Wildman–Crippen MR) is 58.1 cm³/mol. The van der Waals surface area contributed by atoms with Crippen LogP contribution in [0.1, 0.15) is 11.1 Å². The molecule has 1 aromatic carbocycles. The summed E-state index contributed by atoms with van der Waals surface area (Å²) in [5.74, 6) is 1.68. The van der Waals surface area contributed by atoms with E-state index in [4.69, 9.17) is 14.3 Å². The molecule has 1 rings (SSSR count). The molecule has 0 aliphatic heterocycles. The maximum Gasteiger partial charge on any atom is 0.123 e. The number of hydrogen-bond acceptors (Lipinski definition) is 4. The van der Waals surface area contributed by atoms with Gasteiger partial charge in [0.05, 0.1) is 21.3 Å². The first-order valence-corrected chi connectivity index (χ1v) is 4.70. The molecule has 0 saturated heterocycles. The van der Waals surface area contributed by atoms with Crippen molar-refractivity contribution in [2.75, 3.05) is 21.3 Å². The van der Waals surface area contributed by atoms with Gasteiger partial charge in [0, 0.05) is 12.1 Å². The molecule has 4 nitrogen and oxygen atoms in total. The second kappa shape index (κ2) is 5.58. The molecule has 15 heavy (non-hydrogen) atoms. The van der Waals surface area contributed by atoms with Crippen molar-refractivity contribution in [2.24, 2.45) is 0 Å². The van der Waals surface area contributed by atoms with E-state index in [1.165, 1.54) is 0 Å². The van der Waals surface area contributed by atoms with Gasteiger partial charge in [0.15, 0.2) is 0 Å². The number of nitrogens with one attached hydrogen (secondary N) is 1. The van der Waals surface area contributed by atoms with Crippen LogP contribution in [0.3, 0.4) is 0 Å². The molecule has 1 aromatic rings. The van der Waals surface area contributed by atoms with E-state index in [1.54, 1.807) is 21.3 Å². The third-order valence-electron chi connectivity index (χ3n) is 2.20. The molecule has 0 spiro atoms. The van der Waals surface area contributed by atoms with Crippen LogP contribution < -0.4 is 15.0 Å². The van der Waals surface area contributed by atoms with Crippen LogP contribution in [-0.2, 0) is 11.4 Å². The summed E-state index contributed by atoms with van der Waals surface area (Å²) in [4.78, 5) is 4.80. The lowest BCUT2D eigenvalue weighted by Gasteiger charge is -2.12. The molecule has 1 N–H and O–H groups in total. The van der Waals surface area contributed by atoms with Crippen molar-refractivity contribution in [2.45, 2.75) is 13.5 Å². The largest absolute Gasteiger partial charge is 0.496 e. The van der Waals surface area contributed by atoms with Crippen LogP contribution in [0.15, 0.2) is 12.1 Å². The van der Waals surface area contributed by atoms with E-state index in [9.17, 15) is 0 Å². The smallest absolute Gasteiger partial charge is 0.123 e. The lowest BCUT2D eigenvalue weighted by atomic mass is 10.1. The van der Waals surface area contributed by atoms with Crippen molar-refractivity contribution in [3.63, 3.8) is 0 Å². The summed E-state index contributed by atoms with van der Waals surface area (Å²) in [5.41, 5.74) is 4.83. The first-order chi connectivity index (χ1) is 7.22. The third-order valence-corrected chi connectivity index (χ3v) is 2.20. The molecular weight excluding hydrogens is 194 g/mol. The van der Waals surface area contributed by atoms with E-state index in [0.717, 1.165) is 22.6 Å². The summed E-state index contributed by atoms with van der Waals surface area (Å²) >= 11 is 0. The van der Waals surface area contributed by atoms with Gasteiger partial charge in [-0.1, -0.05) is 0 Å². The van der Waals surface area contributed by atoms with E-state index in [1.807, 2.05) is 19.1 Å². The van der Waals surface area contributed by atoms with Crippen molar-refractivity contribution in [1.82, 2.24) is 5.48 Å². The Hall–Kier alpha value is -1.26. The molecule has 4 heteroatoms. The third kappa shape index (κ3) is 2.84. The highest BCUT2D eigenvalue weighted by atomic mass is 16.6. The second-order valence-electron chi connectivity index (χ2n) is 3.16. The molecule has 0 bridgehead atoms. The quantitative estimate of drug-likeness (QED) is 0.752. The SMILES string of the molecule is CONCc1cc(OC)c(C)cc1OC. The molecule has 0 fully saturated rings. The number of hydroxylamine groups is 1. The molecule has 84 valence electrons. The highest BCUT2D eigenvalue weighted by molar-refractivity contribution is 5.45. The summed E-state index contributed by atoms with van der Waals surface area (Å²) in [6, 6.07) is 3.89. The monoisotopic (exact) mass is 211 g/mol. The van der Waals surface area contributed by atoms with Gasteiger partial charge in [0.1, 0.15) is 11.5 Å². The fourth-order valence-corrected chi connectivity index (χ4v) is 1.40. The first-order valence-electron chi connectivity index (χ1n) is 4.70. The van der Waals surface area contributed by atoms with Crippen LogP contribution in [0.25, 0.3) is 0 Å².